The predicted molar refractivity (Wildman–Crippen MR) is 34.3 cm³/mol. The number of carbonyl (C=O) groups is 1. The van der Waals surface area contributed by atoms with Gasteiger partial charge in [0, 0.05) is 13.0 Å². The molecule has 0 saturated carbocycles. The molecule has 1 rings (SSSR count). The van der Waals surface area contributed by atoms with Gasteiger partial charge in [-0.1, -0.05) is 6.58 Å². The molecule has 0 aromatic rings. The van der Waals surface area contributed by atoms with Gasteiger partial charge in [-0.25, -0.2) is 0 Å². The number of likely N-dealkylation sites (tertiary alicyclic amines) is 1. The van der Waals surface area contributed by atoms with E-state index in [1.54, 1.807) is 0 Å². The Kier molecular flexibility index (Phi) is 1.42. The highest BCUT2D eigenvalue weighted by atomic mass is 16.2. The zero-order valence-corrected chi connectivity index (χ0v) is 5.26. The summed E-state index contributed by atoms with van der Waals surface area (Å²) in [5.41, 5.74) is 5.30. The number of nitrogens with zero attached hydrogens (tertiary/aromatic N) is 1. The van der Waals surface area contributed by atoms with Crippen LogP contribution in [0.2, 0.25) is 0 Å². The molecule has 50 valence electrons. The summed E-state index contributed by atoms with van der Waals surface area (Å²) in [5, 5.41) is 0. The second-order valence-corrected chi connectivity index (χ2v) is 2.14. The van der Waals surface area contributed by atoms with Crippen molar-refractivity contribution in [2.45, 2.75) is 12.8 Å². The monoisotopic (exact) mass is 126 g/mol. The van der Waals surface area contributed by atoms with E-state index in [4.69, 9.17) is 5.73 Å². The molecular weight excluding hydrogens is 116 g/mol. The molecule has 2 N–H and O–H groups in total. The van der Waals surface area contributed by atoms with Crippen molar-refractivity contribution >= 4 is 5.91 Å². The lowest BCUT2D eigenvalue weighted by atomic mass is 10.4. The van der Waals surface area contributed by atoms with Crippen molar-refractivity contribution in [1.82, 2.24) is 4.90 Å². The molecule has 1 aliphatic rings. The molecule has 3 heteroatoms. The highest BCUT2D eigenvalue weighted by Gasteiger charge is 2.20. The second kappa shape index (κ2) is 2.09. The van der Waals surface area contributed by atoms with Crippen LogP contribution < -0.4 is 5.73 Å². The molecule has 0 aliphatic carbocycles. The lowest BCUT2D eigenvalue weighted by Crippen LogP contribution is -2.27. The Morgan fingerprint density at radius 1 is 1.78 bits per heavy atom. The van der Waals surface area contributed by atoms with Crippen LogP contribution in [0.3, 0.4) is 0 Å². The minimum atomic E-state index is 0.0995. The minimum absolute atomic E-state index is 0.0995. The normalized spacial score (nSPS) is 18.7. The number of rotatable bonds is 1. The van der Waals surface area contributed by atoms with Gasteiger partial charge in [0.2, 0.25) is 5.91 Å². The summed E-state index contributed by atoms with van der Waals surface area (Å²) in [6.07, 6.45) is 1.53. The van der Waals surface area contributed by atoms with Crippen molar-refractivity contribution in [3.05, 3.63) is 12.4 Å². The maximum atomic E-state index is 10.8. The van der Waals surface area contributed by atoms with Crippen LogP contribution in [0.4, 0.5) is 0 Å². The van der Waals surface area contributed by atoms with Crippen LogP contribution in [0, 0.1) is 0 Å². The van der Waals surface area contributed by atoms with E-state index in [1.807, 2.05) is 0 Å². The van der Waals surface area contributed by atoms with Gasteiger partial charge in [-0.05, 0) is 6.42 Å². The number of carbonyl (C=O) groups excluding carboxylic acids is 1. The molecule has 0 spiro atoms. The van der Waals surface area contributed by atoms with Crippen LogP contribution >= 0.6 is 0 Å². The largest absolute Gasteiger partial charge is 0.386 e. The summed E-state index contributed by atoms with van der Waals surface area (Å²) < 4.78 is 0. The third-order valence-electron chi connectivity index (χ3n) is 1.42. The quantitative estimate of drug-likeness (QED) is 0.539. The Hall–Kier alpha value is -0.990. The minimum Gasteiger partial charge on any atom is -0.386 e. The third-order valence-corrected chi connectivity index (χ3v) is 1.42. The van der Waals surface area contributed by atoms with Crippen LogP contribution in [0.15, 0.2) is 12.4 Å². The molecule has 9 heavy (non-hydrogen) atoms. The summed E-state index contributed by atoms with van der Waals surface area (Å²) in [7, 11) is 0. The van der Waals surface area contributed by atoms with Crippen molar-refractivity contribution < 1.29 is 4.79 Å². The van der Waals surface area contributed by atoms with Gasteiger partial charge in [-0.15, -0.1) is 0 Å². The van der Waals surface area contributed by atoms with Gasteiger partial charge in [0.15, 0.2) is 0 Å². The first-order chi connectivity index (χ1) is 4.22. The van der Waals surface area contributed by atoms with E-state index in [0.29, 0.717) is 12.2 Å². The first kappa shape index (κ1) is 6.13. The molecule has 0 unspecified atom stereocenters. The van der Waals surface area contributed by atoms with Crippen LogP contribution in [0.25, 0.3) is 0 Å². The van der Waals surface area contributed by atoms with Crippen molar-refractivity contribution in [2.75, 3.05) is 6.54 Å². The predicted octanol–water partition coefficient (Wildman–Crippen LogP) is 0.0387. The lowest BCUT2D eigenvalue weighted by molar-refractivity contribution is -0.126. The van der Waals surface area contributed by atoms with Crippen LogP contribution in [0.5, 0.6) is 0 Å². The summed E-state index contributed by atoms with van der Waals surface area (Å²) in [5.74, 6) is 0.472. The van der Waals surface area contributed by atoms with Gasteiger partial charge in [-0.3, -0.25) is 9.69 Å². The fourth-order valence-corrected chi connectivity index (χ4v) is 0.952. The standard InChI is InChI=1S/C6H10N2O/c1-5(7)8-4-2-3-6(8)9/h1-4,7H2. The highest BCUT2D eigenvalue weighted by molar-refractivity contribution is 5.79. The smallest absolute Gasteiger partial charge is 0.228 e. The van der Waals surface area contributed by atoms with E-state index in [1.165, 1.54) is 4.90 Å². The molecule has 1 amide bonds. The van der Waals surface area contributed by atoms with Crippen molar-refractivity contribution in [3.8, 4) is 0 Å². The summed E-state index contributed by atoms with van der Waals surface area (Å²) in [6, 6.07) is 0. The Bertz CT molecular complexity index is 153. The topological polar surface area (TPSA) is 46.3 Å². The first-order valence-corrected chi connectivity index (χ1v) is 2.96. The molecule has 0 aromatic carbocycles. The number of amides is 1. The van der Waals surface area contributed by atoms with E-state index >= 15 is 0 Å². The summed E-state index contributed by atoms with van der Waals surface area (Å²) >= 11 is 0. The first-order valence-electron chi connectivity index (χ1n) is 2.96. The number of nitrogens with two attached hydrogens (primary N) is 1. The number of hydrogen-bond donors (Lipinski definition) is 1. The lowest BCUT2D eigenvalue weighted by Gasteiger charge is -2.12. The van der Waals surface area contributed by atoms with E-state index < -0.39 is 0 Å². The van der Waals surface area contributed by atoms with Gasteiger partial charge in [0.1, 0.15) is 0 Å². The molecule has 1 fully saturated rings. The molecule has 1 aliphatic heterocycles. The maximum absolute atomic E-state index is 10.8. The van der Waals surface area contributed by atoms with Crippen molar-refractivity contribution in [1.29, 1.82) is 0 Å². The van der Waals surface area contributed by atoms with E-state index in [-0.39, 0.29) is 5.91 Å². The van der Waals surface area contributed by atoms with Crippen LogP contribution in [0.1, 0.15) is 12.8 Å². The molecule has 1 saturated heterocycles. The maximum Gasteiger partial charge on any atom is 0.228 e. The molecule has 3 nitrogen and oxygen atoms in total. The average Bonchev–Trinajstić information content (AvgIpc) is 2.13. The summed E-state index contributed by atoms with van der Waals surface area (Å²) in [4.78, 5) is 12.3. The van der Waals surface area contributed by atoms with Gasteiger partial charge >= 0.3 is 0 Å². The highest BCUT2D eigenvalue weighted by Crippen LogP contribution is 2.11. The van der Waals surface area contributed by atoms with Crippen LogP contribution in [-0.4, -0.2) is 17.4 Å². The Balaban J connectivity index is 2.60. The molecule has 1 heterocycles. The molecule has 0 bridgehead atoms. The van der Waals surface area contributed by atoms with Gasteiger partial charge in [-0.2, -0.15) is 0 Å². The average molecular weight is 126 g/mol. The summed E-state index contributed by atoms with van der Waals surface area (Å²) in [6.45, 7) is 4.21. The van der Waals surface area contributed by atoms with E-state index in [9.17, 15) is 4.79 Å². The Labute approximate surface area is 54.1 Å². The van der Waals surface area contributed by atoms with E-state index in [0.717, 1.165) is 13.0 Å². The molecule has 0 radical (unpaired) electrons. The molecule has 0 aromatic heterocycles. The third kappa shape index (κ3) is 1.04. The van der Waals surface area contributed by atoms with Crippen molar-refractivity contribution in [2.24, 2.45) is 5.73 Å². The fraction of sp³-hybridized carbons (Fsp3) is 0.500. The van der Waals surface area contributed by atoms with E-state index in [2.05, 4.69) is 6.58 Å². The second-order valence-electron chi connectivity index (χ2n) is 2.14. The molecule has 0 atom stereocenters. The zero-order chi connectivity index (χ0) is 6.85. The van der Waals surface area contributed by atoms with Gasteiger partial charge in [0.25, 0.3) is 0 Å². The van der Waals surface area contributed by atoms with Gasteiger partial charge < -0.3 is 5.73 Å². The van der Waals surface area contributed by atoms with Crippen molar-refractivity contribution in [3.63, 3.8) is 0 Å². The Morgan fingerprint density at radius 2 is 2.44 bits per heavy atom. The molecular formula is C6H10N2O. The zero-order valence-electron chi connectivity index (χ0n) is 5.26. The Morgan fingerprint density at radius 3 is 2.67 bits per heavy atom. The fourth-order valence-electron chi connectivity index (χ4n) is 0.952. The number of hydrogen-bond acceptors (Lipinski definition) is 2. The van der Waals surface area contributed by atoms with Crippen LogP contribution in [-0.2, 0) is 4.79 Å². The SMILES string of the molecule is C=C(N)N1CCCC1=O. The van der Waals surface area contributed by atoms with Gasteiger partial charge in [0.05, 0.1) is 5.82 Å².